The van der Waals surface area contributed by atoms with Gasteiger partial charge in [0, 0.05) is 11.6 Å². The van der Waals surface area contributed by atoms with Crippen LogP contribution >= 0.6 is 11.6 Å². The standard InChI is InChI=1S/C17H26ClNO/c1-3-13-6-4-5-7-16(13)20-17(12-19-2)14-8-10-15(18)11-9-14/h8-11,13,16-17,19H,3-7,12H2,1-2H3. The summed E-state index contributed by atoms with van der Waals surface area (Å²) in [6.45, 7) is 3.12. The smallest absolute Gasteiger partial charge is 0.0953 e. The molecule has 1 fully saturated rings. The van der Waals surface area contributed by atoms with Gasteiger partial charge in [-0.2, -0.15) is 0 Å². The van der Waals surface area contributed by atoms with Crippen LogP contribution in [0, 0.1) is 5.92 Å². The maximum absolute atomic E-state index is 6.46. The van der Waals surface area contributed by atoms with E-state index in [1.165, 1.54) is 37.7 Å². The fourth-order valence-corrected chi connectivity index (χ4v) is 3.26. The average molecular weight is 296 g/mol. The number of hydrogen-bond donors (Lipinski definition) is 1. The first-order chi connectivity index (χ1) is 9.74. The number of ether oxygens (including phenoxy) is 1. The Kier molecular flexibility index (Phi) is 6.34. The summed E-state index contributed by atoms with van der Waals surface area (Å²) in [6.07, 6.45) is 6.92. The van der Waals surface area contributed by atoms with Crippen molar-refractivity contribution in [3.63, 3.8) is 0 Å². The summed E-state index contributed by atoms with van der Waals surface area (Å²) in [7, 11) is 1.98. The second kappa shape index (κ2) is 8.02. The molecule has 0 saturated heterocycles. The van der Waals surface area contributed by atoms with E-state index >= 15 is 0 Å². The minimum atomic E-state index is 0.120. The van der Waals surface area contributed by atoms with E-state index in [0.717, 1.165) is 17.5 Å². The Labute approximate surface area is 127 Å². The molecule has 1 saturated carbocycles. The highest BCUT2D eigenvalue weighted by atomic mass is 35.5. The van der Waals surface area contributed by atoms with Gasteiger partial charge in [-0.1, -0.05) is 49.9 Å². The molecule has 0 amide bonds. The lowest BCUT2D eigenvalue weighted by atomic mass is 9.84. The second-order valence-electron chi connectivity index (χ2n) is 5.73. The van der Waals surface area contributed by atoms with E-state index in [0.29, 0.717) is 6.10 Å². The van der Waals surface area contributed by atoms with Crippen LogP contribution in [-0.2, 0) is 4.74 Å². The van der Waals surface area contributed by atoms with Gasteiger partial charge < -0.3 is 10.1 Å². The maximum atomic E-state index is 6.46. The zero-order valence-corrected chi connectivity index (χ0v) is 13.3. The minimum Gasteiger partial charge on any atom is -0.369 e. The first kappa shape index (κ1) is 15.8. The lowest BCUT2D eigenvalue weighted by molar-refractivity contribution is -0.0610. The van der Waals surface area contributed by atoms with E-state index in [9.17, 15) is 0 Å². The molecule has 3 heteroatoms. The van der Waals surface area contributed by atoms with Gasteiger partial charge >= 0.3 is 0 Å². The number of hydrogen-bond acceptors (Lipinski definition) is 2. The van der Waals surface area contributed by atoms with E-state index in [4.69, 9.17) is 16.3 Å². The van der Waals surface area contributed by atoms with Gasteiger partial charge in [0.2, 0.25) is 0 Å². The van der Waals surface area contributed by atoms with Crippen LogP contribution in [0.4, 0.5) is 0 Å². The number of rotatable bonds is 6. The molecule has 3 atom stereocenters. The SMILES string of the molecule is CCC1CCCCC1OC(CNC)c1ccc(Cl)cc1. The number of benzene rings is 1. The molecule has 1 aliphatic carbocycles. The molecular weight excluding hydrogens is 270 g/mol. The molecule has 2 nitrogen and oxygen atoms in total. The maximum Gasteiger partial charge on any atom is 0.0953 e. The zero-order chi connectivity index (χ0) is 14.4. The van der Waals surface area contributed by atoms with Crippen molar-refractivity contribution < 1.29 is 4.74 Å². The largest absolute Gasteiger partial charge is 0.369 e. The molecule has 1 N–H and O–H groups in total. The molecule has 1 aromatic rings. The van der Waals surface area contributed by atoms with Crippen LogP contribution in [-0.4, -0.2) is 19.7 Å². The first-order valence-corrected chi connectivity index (χ1v) is 8.18. The van der Waals surface area contributed by atoms with E-state index in [-0.39, 0.29) is 6.10 Å². The first-order valence-electron chi connectivity index (χ1n) is 7.80. The van der Waals surface area contributed by atoms with Crippen LogP contribution in [0.1, 0.15) is 50.7 Å². The summed E-state index contributed by atoms with van der Waals surface area (Å²) in [5.74, 6) is 0.718. The molecule has 0 bridgehead atoms. The Bertz CT molecular complexity index is 392. The van der Waals surface area contributed by atoms with Gasteiger partial charge in [-0.3, -0.25) is 0 Å². The van der Waals surface area contributed by atoms with Crippen molar-refractivity contribution in [1.82, 2.24) is 5.32 Å². The van der Waals surface area contributed by atoms with Crippen molar-refractivity contribution in [2.45, 2.75) is 51.2 Å². The normalized spacial score (nSPS) is 24.6. The van der Waals surface area contributed by atoms with Gasteiger partial charge in [0.15, 0.2) is 0 Å². The Morgan fingerprint density at radius 1 is 1.25 bits per heavy atom. The monoisotopic (exact) mass is 295 g/mol. The van der Waals surface area contributed by atoms with E-state index in [1.807, 2.05) is 19.2 Å². The molecule has 0 spiro atoms. The summed E-state index contributed by atoms with van der Waals surface area (Å²) in [5.41, 5.74) is 1.21. The molecule has 0 aliphatic heterocycles. The minimum absolute atomic E-state index is 0.120. The Morgan fingerprint density at radius 2 is 1.95 bits per heavy atom. The highest BCUT2D eigenvalue weighted by Gasteiger charge is 2.27. The van der Waals surface area contributed by atoms with E-state index < -0.39 is 0 Å². The van der Waals surface area contributed by atoms with Crippen LogP contribution in [0.5, 0.6) is 0 Å². The lowest BCUT2D eigenvalue weighted by Crippen LogP contribution is -2.31. The summed E-state index contributed by atoms with van der Waals surface area (Å²) in [5, 5.41) is 4.02. The summed E-state index contributed by atoms with van der Waals surface area (Å²) in [6, 6.07) is 8.05. The summed E-state index contributed by atoms with van der Waals surface area (Å²) < 4.78 is 6.46. The Hall–Kier alpha value is -0.570. The number of halogens is 1. The summed E-state index contributed by atoms with van der Waals surface area (Å²) in [4.78, 5) is 0. The summed E-state index contributed by atoms with van der Waals surface area (Å²) >= 11 is 5.97. The van der Waals surface area contributed by atoms with E-state index in [1.54, 1.807) is 0 Å². The van der Waals surface area contributed by atoms with Crippen LogP contribution in [0.25, 0.3) is 0 Å². The number of likely N-dealkylation sites (N-methyl/N-ethyl adjacent to an activating group) is 1. The van der Waals surface area contributed by atoms with Crippen molar-refractivity contribution in [2.24, 2.45) is 5.92 Å². The van der Waals surface area contributed by atoms with Crippen molar-refractivity contribution in [1.29, 1.82) is 0 Å². The fraction of sp³-hybridized carbons (Fsp3) is 0.647. The molecule has 0 aromatic heterocycles. The highest BCUT2D eigenvalue weighted by molar-refractivity contribution is 6.30. The van der Waals surface area contributed by atoms with Crippen LogP contribution in [0.2, 0.25) is 5.02 Å². The molecule has 0 radical (unpaired) electrons. The molecule has 20 heavy (non-hydrogen) atoms. The van der Waals surface area contributed by atoms with Gasteiger partial charge in [-0.25, -0.2) is 0 Å². The third-order valence-electron chi connectivity index (χ3n) is 4.33. The molecule has 0 heterocycles. The molecular formula is C17H26ClNO. The lowest BCUT2D eigenvalue weighted by Gasteiger charge is -2.34. The molecule has 3 unspecified atom stereocenters. The number of nitrogens with one attached hydrogen (secondary N) is 1. The third-order valence-corrected chi connectivity index (χ3v) is 4.59. The van der Waals surface area contributed by atoms with Crippen LogP contribution < -0.4 is 5.32 Å². The predicted octanol–water partition coefficient (Wildman–Crippen LogP) is 4.59. The highest BCUT2D eigenvalue weighted by Crippen LogP contribution is 2.33. The quantitative estimate of drug-likeness (QED) is 0.829. The van der Waals surface area contributed by atoms with E-state index in [2.05, 4.69) is 24.4 Å². The van der Waals surface area contributed by atoms with Crippen molar-refractivity contribution in [3.8, 4) is 0 Å². The van der Waals surface area contributed by atoms with Gasteiger partial charge in [0.25, 0.3) is 0 Å². The Morgan fingerprint density at radius 3 is 2.60 bits per heavy atom. The third kappa shape index (κ3) is 4.21. The van der Waals surface area contributed by atoms with Gasteiger partial charge in [0.05, 0.1) is 12.2 Å². The molecule has 2 rings (SSSR count). The van der Waals surface area contributed by atoms with Crippen molar-refractivity contribution in [2.75, 3.05) is 13.6 Å². The zero-order valence-electron chi connectivity index (χ0n) is 12.6. The van der Waals surface area contributed by atoms with Gasteiger partial charge in [-0.05, 0) is 43.5 Å². The molecule has 112 valence electrons. The fourth-order valence-electron chi connectivity index (χ4n) is 3.14. The van der Waals surface area contributed by atoms with Crippen LogP contribution in [0.3, 0.4) is 0 Å². The topological polar surface area (TPSA) is 21.3 Å². The second-order valence-corrected chi connectivity index (χ2v) is 6.16. The van der Waals surface area contributed by atoms with Crippen molar-refractivity contribution in [3.05, 3.63) is 34.9 Å². The average Bonchev–Trinajstić information content (AvgIpc) is 2.48. The predicted molar refractivity (Wildman–Crippen MR) is 85.2 cm³/mol. The molecule has 1 aromatic carbocycles. The Balaban J connectivity index is 2.06. The van der Waals surface area contributed by atoms with Gasteiger partial charge in [0.1, 0.15) is 0 Å². The van der Waals surface area contributed by atoms with Gasteiger partial charge in [-0.15, -0.1) is 0 Å². The molecule has 1 aliphatic rings. The van der Waals surface area contributed by atoms with Crippen LogP contribution in [0.15, 0.2) is 24.3 Å². The van der Waals surface area contributed by atoms with Crippen molar-refractivity contribution >= 4 is 11.6 Å².